The van der Waals surface area contributed by atoms with Gasteiger partial charge in [-0.3, -0.25) is 9.59 Å². The minimum atomic E-state index is -1.01. The van der Waals surface area contributed by atoms with Crippen molar-refractivity contribution in [1.29, 1.82) is 0 Å². The van der Waals surface area contributed by atoms with Gasteiger partial charge in [0, 0.05) is 23.0 Å². The number of para-hydroxylation sites is 1. The summed E-state index contributed by atoms with van der Waals surface area (Å²) in [6.07, 6.45) is -0.0234. The number of carbonyl (C=O) groups is 3. The van der Waals surface area contributed by atoms with Crippen LogP contribution < -0.4 is 5.73 Å². The number of hydrogen-bond acceptors (Lipinski definition) is 3. The van der Waals surface area contributed by atoms with Crippen molar-refractivity contribution in [1.82, 2.24) is 9.88 Å². The maximum Gasteiger partial charge on any atom is 0.328 e. The number of likely N-dealkylation sites (tertiary alicyclic amines) is 1. The predicted molar refractivity (Wildman–Crippen MR) is 71.8 cm³/mol. The zero-order chi connectivity index (χ0) is 14.4. The molecule has 0 bridgehead atoms. The number of primary amides is 1. The molecule has 102 valence electrons. The number of benzene rings is 1. The fourth-order valence-electron chi connectivity index (χ4n) is 2.84. The van der Waals surface area contributed by atoms with Gasteiger partial charge >= 0.3 is 6.03 Å². The Labute approximate surface area is 114 Å². The molecule has 0 saturated carbocycles. The van der Waals surface area contributed by atoms with Crippen molar-refractivity contribution in [3.8, 4) is 0 Å². The smallest absolute Gasteiger partial charge is 0.328 e. The van der Waals surface area contributed by atoms with Gasteiger partial charge in [0.15, 0.2) is 0 Å². The summed E-state index contributed by atoms with van der Waals surface area (Å²) in [5.74, 6) is -1.74. The SMILES string of the molecule is Cc1[nH]c2ccccc2c1C1CC(=O)N(C(N)=O)C1=O. The normalized spacial score (nSPS) is 19.1. The highest BCUT2D eigenvalue weighted by atomic mass is 16.2. The summed E-state index contributed by atoms with van der Waals surface area (Å²) in [5, 5.41) is 0.891. The highest BCUT2D eigenvalue weighted by Crippen LogP contribution is 2.36. The fraction of sp³-hybridized carbons (Fsp3) is 0.214. The standard InChI is InChI=1S/C14H13N3O3/c1-7-12(8-4-2-3-5-10(8)16-7)9-6-11(18)17(13(9)19)14(15)20/h2-5,9,16H,6H2,1H3,(H2,15,20). The summed E-state index contributed by atoms with van der Waals surface area (Å²) in [6, 6.07) is 6.53. The molecule has 3 rings (SSSR count). The number of nitrogens with two attached hydrogens (primary N) is 1. The third-order valence-electron chi connectivity index (χ3n) is 3.66. The third-order valence-corrected chi connectivity index (χ3v) is 3.66. The number of nitrogens with zero attached hydrogens (tertiary/aromatic N) is 1. The van der Waals surface area contributed by atoms with Crippen LogP contribution in [-0.4, -0.2) is 27.7 Å². The van der Waals surface area contributed by atoms with Crippen LogP contribution in [0.2, 0.25) is 0 Å². The first-order valence-corrected chi connectivity index (χ1v) is 6.24. The molecule has 0 spiro atoms. The average molecular weight is 271 g/mol. The Kier molecular flexibility index (Phi) is 2.60. The number of amides is 4. The highest BCUT2D eigenvalue weighted by molar-refractivity contribution is 6.17. The van der Waals surface area contributed by atoms with Gasteiger partial charge in [-0.1, -0.05) is 18.2 Å². The van der Waals surface area contributed by atoms with Crippen LogP contribution in [0.5, 0.6) is 0 Å². The van der Waals surface area contributed by atoms with Crippen molar-refractivity contribution in [2.75, 3.05) is 0 Å². The molecule has 1 unspecified atom stereocenters. The van der Waals surface area contributed by atoms with Crippen molar-refractivity contribution in [3.05, 3.63) is 35.5 Å². The molecule has 2 heterocycles. The molecule has 1 saturated heterocycles. The summed E-state index contributed by atoms with van der Waals surface area (Å²) in [5.41, 5.74) is 7.57. The first kappa shape index (κ1) is 12.4. The van der Waals surface area contributed by atoms with Crippen molar-refractivity contribution in [2.24, 2.45) is 5.73 Å². The molecular formula is C14H13N3O3. The second-order valence-corrected chi connectivity index (χ2v) is 4.87. The summed E-state index contributed by atoms with van der Waals surface area (Å²) < 4.78 is 0. The lowest BCUT2D eigenvalue weighted by atomic mass is 9.94. The van der Waals surface area contributed by atoms with E-state index in [0.717, 1.165) is 22.2 Å². The first-order valence-electron chi connectivity index (χ1n) is 6.24. The van der Waals surface area contributed by atoms with Gasteiger partial charge < -0.3 is 10.7 Å². The van der Waals surface area contributed by atoms with E-state index < -0.39 is 23.8 Å². The number of aromatic nitrogens is 1. The van der Waals surface area contributed by atoms with Gasteiger partial charge in [-0.25, -0.2) is 4.79 Å². The van der Waals surface area contributed by atoms with E-state index in [1.807, 2.05) is 31.2 Å². The summed E-state index contributed by atoms with van der Waals surface area (Å²) in [4.78, 5) is 38.9. The monoisotopic (exact) mass is 271 g/mol. The molecule has 0 radical (unpaired) electrons. The average Bonchev–Trinajstić information content (AvgIpc) is 2.85. The third kappa shape index (κ3) is 1.61. The van der Waals surface area contributed by atoms with Crippen LogP contribution in [0.1, 0.15) is 23.6 Å². The molecule has 4 amide bonds. The van der Waals surface area contributed by atoms with Crippen molar-refractivity contribution >= 4 is 28.7 Å². The maximum absolute atomic E-state index is 12.2. The lowest BCUT2D eigenvalue weighted by Crippen LogP contribution is -2.40. The van der Waals surface area contributed by atoms with Crippen LogP contribution in [0.3, 0.4) is 0 Å². The number of nitrogens with one attached hydrogen (secondary N) is 1. The van der Waals surface area contributed by atoms with Crippen LogP contribution in [0.4, 0.5) is 4.79 Å². The number of carbonyl (C=O) groups excluding carboxylic acids is 3. The largest absolute Gasteiger partial charge is 0.358 e. The van der Waals surface area contributed by atoms with E-state index >= 15 is 0 Å². The van der Waals surface area contributed by atoms with E-state index in [2.05, 4.69) is 4.98 Å². The number of urea groups is 1. The molecule has 1 aliphatic heterocycles. The molecule has 6 heteroatoms. The van der Waals surface area contributed by atoms with Crippen LogP contribution in [-0.2, 0) is 9.59 Å². The van der Waals surface area contributed by atoms with Gasteiger partial charge in [0.05, 0.1) is 5.92 Å². The second kappa shape index (κ2) is 4.19. The highest BCUT2D eigenvalue weighted by Gasteiger charge is 2.43. The van der Waals surface area contributed by atoms with Crippen LogP contribution in [0.15, 0.2) is 24.3 Å². The minimum absolute atomic E-state index is 0.0234. The molecule has 6 nitrogen and oxygen atoms in total. The second-order valence-electron chi connectivity index (χ2n) is 4.87. The number of hydrogen-bond donors (Lipinski definition) is 2. The zero-order valence-corrected chi connectivity index (χ0v) is 10.8. The Morgan fingerprint density at radius 2 is 2.05 bits per heavy atom. The molecule has 1 aromatic heterocycles. The zero-order valence-electron chi connectivity index (χ0n) is 10.8. The number of fused-ring (bicyclic) bond motifs is 1. The van der Waals surface area contributed by atoms with Crippen LogP contribution in [0.25, 0.3) is 10.9 Å². The molecule has 1 aromatic carbocycles. The van der Waals surface area contributed by atoms with E-state index in [1.54, 1.807) is 0 Å². The number of imide groups is 3. The maximum atomic E-state index is 12.2. The van der Waals surface area contributed by atoms with Crippen molar-refractivity contribution in [2.45, 2.75) is 19.3 Å². The Bertz CT molecular complexity index is 747. The van der Waals surface area contributed by atoms with Crippen molar-refractivity contribution < 1.29 is 14.4 Å². The van der Waals surface area contributed by atoms with E-state index in [1.165, 1.54) is 0 Å². The minimum Gasteiger partial charge on any atom is -0.358 e. The number of rotatable bonds is 1. The van der Waals surface area contributed by atoms with Gasteiger partial charge in [-0.2, -0.15) is 4.90 Å². The molecule has 1 fully saturated rings. The molecule has 1 atom stereocenters. The summed E-state index contributed by atoms with van der Waals surface area (Å²) in [7, 11) is 0. The Morgan fingerprint density at radius 1 is 1.35 bits per heavy atom. The van der Waals surface area contributed by atoms with Gasteiger partial charge in [-0.15, -0.1) is 0 Å². The Hall–Kier alpha value is -2.63. The quantitative estimate of drug-likeness (QED) is 0.767. The summed E-state index contributed by atoms with van der Waals surface area (Å²) >= 11 is 0. The van der Waals surface area contributed by atoms with E-state index in [9.17, 15) is 14.4 Å². The van der Waals surface area contributed by atoms with Gasteiger partial charge in [0.2, 0.25) is 11.8 Å². The molecule has 0 aliphatic carbocycles. The van der Waals surface area contributed by atoms with E-state index in [-0.39, 0.29) is 6.42 Å². The number of H-pyrrole nitrogens is 1. The van der Waals surface area contributed by atoms with Gasteiger partial charge in [0.25, 0.3) is 0 Å². The Balaban J connectivity index is 2.13. The first-order chi connectivity index (χ1) is 9.50. The van der Waals surface area contributed by atoms with Crippen molar-refractivity contribution in [3.63, 3.8) is 0 Å². The van der Waals surface area contributed by atoms with Crippen LogP contribution >= 0.6 is 0 Å². The van der Waals surface area contributed by atoms with Crippen LogP contribution in [0, 0.1) is 6.92 Å². The van der Waals surface area contributed by atoms with E-state index in [0.29, 0.717) is 4.90 Å². The lowest BCUT2D eigenvalue weighted by molar-refractivity contribution is -0.134. The number of aromatic amines is 1. The molecular weight excluding hydrogens is 258 g/mol. The van der Waals surface area contributed by atoms with E-state index in [4.69, 9.17) is 5.73 Å². The fourth-order valence-corrected chi connectivity index (χ4v) is 2.84. The number of aryl methyl sites for hydroxylation is 1. The topological polar surface area (TPSA) is 96.3 Å². The predicted octanol–water partition coefficient (Wildman–Crippen LogP) is 1.40. The molecule has 3 N–H and O–H groups in total. The molecule has 1 aliphatic rings. The lowest BCUT2D eigenvalue weighted by Gasteiger charge is -2.10. The van der Waals surface area contributed by atoms with Gasteiger partial charge in [-0.05, 0) is 18.6 Å². The summed E-state index contributed by atoms with van der Waals surface area (Å²) in [6.45, 7) is 1.85. The Morgan fingerprint density at radius 3 is 2.70 bits per heavy atom. The molecule has 2 aromatic rings. The molecule has 20 heavy (non-hydrogen) atoms. The van der Waals surface area contributed by atoms with Gasteiger partial charge in [0.1, 0.15) is 0 Å².